The molecule has 0 fully saturated rings. The predicted molar refractivity (Wildman–Crippen MR) is 85.9 cm³/mol. The van der Waals surface area contributed by atoms with Gasteiger partial charge in [-0.1, -0.05) is 23.7 Å². The van der Waals surface area contributed by atoms with Crippen LogP contribution in [0.25, 0.3) is 0 Å². The molecule has 154 valence electrons. The molecule has 0 radical (unpaired) electrons. The average molecular weight is 448 g/mol. The standard InChI is InChI=1S/C14H11ClF5N3O4S/c1-27-8-4-2-3-5-9(8)28(25,26)22-12(24)10-11(15)23(7-21-10)6-13(16,17)14(18,19)20/h2-5,7H,6H2,1H3,(H,22,24). The number of ether oxygens (including phenoxy) is 1. The molecule has 0 atom stereocenters. The Labute approximate surface area is 160 Å². The van der Waals surface area contributed by atoms with Crippen LogP contribution in [0.5, 0.6) is 5.75 Å². The van der Waals surface area contributed by atoms with Crippen LogP contribution in [0.2, 0.25) is 5.15 Å². The number of para-hydroxylation sites is 1. The molecule has 1 N–H and O–H groups in total. The van der Waals surface area contributed by atoms with Gasteiger partial charge in [-0.2, -0.15) is 22.0 Å². The van der Waals surface area contributed by atoms with Crippen molar-refractivity contribution < 1.29 is 39.9 Å². The van der Waals surface area contributed by atoms with Gasteiger partial charge in [0.1, 0.15) is 15.8 Å². The van der Waals surface area contributed by atoms with Gasteiger partial charge in [-0.3, -0.25) is 4.79 Å². The SMILES string of the molecule is COc1ccccc1S(=O)(=O)NC(=O)c1ncn(CC(F)(F)C(F)(F)F)c1Cl. The van der Waals surface area contributed by atoms with E-state index in [1.54, 1.807) is 4.72 Å². The number of methoxy groups -OCH3 is 1. The number of benzene rings is 1. The molecular weight excluding hydrogens is 437 g/mol. The third kappa shape index (κ3) is 4.35. The second-order valence-corrected chi connectivity index (χ2v) is 7.31. The summed E-state index contributed by atoms with van der Waals surface area (Å²) in [6, 6.07) is 5.25. The first-order valence-corrected chi connectivity index (χ1v) is 9.01. The number of amides is 1. The highest BCUT2D eigenvalue weighted by molar-refractivity contribution is 7.90. The Morgan fingerprint density at radius 3 is 2.43 bits per heavy atom. The van der Waals surface area contributed by atoms with Crippen LogP contribution in [0.4, 0.5) is 22.0 Å². The van der Waals surface area contributed by atoms with Crippen molar-refractivity contribution in [1.29, 1.82) is 0 Å². The quantitative estimate of drug-likeness (QED) is 0.688. The van der Waals surface area contributed by atoms with Gasteiger partial charge >= 0.3 is 12.1 Å². The summed E-state index contributed by atoms with van der Waals surface area (Å²) in [6.07, 6.45) is -5.39. The molecular formula is C14H11ClF5N3O4S. The van der Waals surface area contributed by atoms with Gasteiger partial charge in [0, 0.05) is 0 Å². The monoisotopic (exact) mass is 447 g/mol. The Bertz CT molecular complexity index is 991. The third-order valence-electron chi connectivity index (χ3n) is 3.36. The van der Waals surface area contributed by atoms with Crippen LogP contribution < -0.4 is 9.46 Å². The first-order valence-electron chi connectivity index (χ1n) is 7.15. The molecule has 0 aliphatic rings. The van der Waals surface area contributed by atoms with Gasteiger partial charge in [0.25, 0.3) is 15.9 Å². The number of carbonyl (C=O) groups excluding carboxylic acids is 1. The minimum absolute atomic E-state index is 0.0933. The van der Waals surface area contributed by atoms with Crippen LogP contribution in [-0.2, 0) is 16.6 Å². The van der Waals surface area contributed by atoms with Crippen molar-refractivity contribution >= 4 is 27.5 Å². The number of aromatic nitrogens is 2. The van der Waals surface area contributed by atoms with E-state index in [0.29, 0.717) is 6.33 Å². The first-order chi connectivity index (χ1) is 12.8. The van der Waals surface area contributed by atoms with Gasteiger partial charge in [-0.25, -0.2) is 18.1 Å². The second kappa shape index (κ2) is 7.54. The van der Waals surface area contributed by atoms with E-state index in [4.69, 9.17) is 16.3 Å². The van der Waals surface area contributed by atoms with Crippen LogP contribution in [0.3, 0.4) is 0 Å². The van der Waals surface area contributed by atoms with Crippen molar-refractivity contribution in [2.45, 2.75) is 23.5 Å². The minimum atomic E-state index is -5.85. The number of hydrogen-bond acceptors (Lipinski definition) is 5. The zero-order valence-corrected chi connectivity index (χ0v) is 15.4. The molecule has 7 nitrogen and oxygen atoms in total. The van der Waals surface area contributed by atoms with Gasteiger partial charge in [-0.05, 0) is 12.1 Å². The zero-order chi connectivity index (χ0) is 21.3. The molecule has 0 saturated heterocycles. The van der Waals surface area contributed by atoms with Gasteiger partial charge < -0.3 is 9.30 Å². The number of sulfonamides is 1. The third-order valence-corrected chi connectivity index (χ3v) is 5.12. The maximum Gasteiger partial charge on any atom is 0.455 e. The van der Waals surface area contributed by atoms with E-state index in [9.17, 15) is 35.2 Å². The molecule has 0 aliphatic heterocycles. The highest BCUT2D eigenvalue weighted by Gasteiger charge is 2.57. The summed E-state index contributed by atoms with van der Waals surface area (Å²) in [5.74, 6) is -6.66. The van der Waals surface area contributed by atoms with E-state index in [0.717, 1.165) is 6.07 Å². The number of alkyl halides is 5. The fraction of sp³-hybridized carbons (Fsp3) is 0.286. The number of rotatable bonds is 6. The normalized spacial score (nSPS) is 12.7. The van der Waals surface area contributed by atoms with Crippen molar-refractivity contribution in [3.05, 3.63) is 41.4 Å². The fourth-order valence-corrected chi connectivity index (χ4v) is 3.36. The Kier molecular flexibility index (Phi) is 5.90. The Morgan fingerprint density at radius 2 is 1.86 bits per heavy atom. The number of imidazole rings is 1. The lowest BCUT2D eigenvalue weighted by atomic mass is 10.3. The van der Waals surface area contributed by atoms with Gasteiger partial charge in [-0.15, -0.1) is 0 Å². The lowest BCUT2D eigenvalue weighted by molar-refractivity contribution is -0.286. The molecule has 2 rings (SSSR count). The Morgan fingerprint density at radius 1 is 1.25 bits per heavy atom. The van der Waals surface area contributed by atoms with E-state index >= 15 is 0 Å². The van der Waals surface area contributed by atoms with Crippen LogP contribution in [0, 0.1) is 0 Å². The Balaban J connectivity index is 2.28. The molecule has 0 unspecified atom stereocenters. The molecule has 14 heteroatoms. The smallest absolute Gasteiger partial charge is 0.455 e. The van der Waals surface area contributed by atoms with E-state index in [1.165, 1.54) is 25.3 Å². The summed E-state index contributed by atoms with van der Waals surface area (Å²) in [6.45, 7) is -1.94. The molecule has 0 aliphatic carbocycles. The van der Waals surface area contributed by atoms with Crippen molar-refractivity contribution in [3.8, 4) is 5.75 Å². The predicted octanol–water partition coefficient (Wildman–Crippen LogP) is 2.86. The topological polar surface area (TPSA) is 90.3 Å². The lowest BCUT2D eigenvalue weighted by Gasteiger charge is -2.20. The number of carbonyl (C=O) groups is 1. The van der Waals surface area contributed by atoms with Crippen LogP contribution >= 0.6 is 11.6 Å². The van der Waals surface area contributed by atoms with E-state index in [1.807, 2.05) is 0 Å². The number of nitrogens with zero attached hydrogens (tertiary/aromatic N) is 2. The molecule has 1 heterocycles. The fourth-order valence-electron chi connectivity index (χ4n) is 2.00. The van der Waals surface area contributed by atoms with E-state index in [-0.39, 0.29) is 10.3 Å². The highest BCUT2D eigenvalue weighted by atomic mass is 35.5. The van der Waals surface area contributed by atoms with E-state index in [2.05, 4.69) is 4.98 Å². The number of hydrogen-bond donors (Lipinski definition) is 1. The minimum Gasteiger partial charge on any atom is -0.495 e. The summed E-state index contributed by atoms with van der Waals surface area (Å²) in [5, 5.41) is -0.892. The van der Waals surface area contributed by atoms with Gasteiger partial charge in [0.2, 0.25) is 0 Å². The van der Waals surface area contributed by atoms with Gasteiger partial charge in [0.15, 0.2) is 5.69 Å². The molecule has 0 spiro atoms. The van der Waals surface area contributed by atoms with Crippen LogP contribution in [0.1, 0.15) is 10.5 Å². The summed E-state index contributed by atoms with van der Waals surface area (Å²) >= 11 is 5.63. The summed E-state index contributed by atoms with van der Waals surface area (Å²) < 4.78 is 94.5. The maximum atomic E-state index is 13.1. The average Bonchev–Trinajstić information content (AvgIpc) is 2.93. The highest BCUT2D eigenvalue weighted by Crippen LogP contribution is 2.37. The second-order valence-electron chi connectivity index (χ2n) is 5.30. The first kappa shape index (κ1) is 21.9. The van der Waals surface area contributed by atoms with Crippen molar-refractivity contribution in [3.63, 3.8) is 0 Å². The molecule has 1 aromatic heterocycles. The van der Waals surface area contributed by atoms with E-state index < -0.39 is 50.3 Å². The lowest BCUT2D eigenvalue weighted by Crippen LogP contribution is -2.40. The van der Waals surface area contributed by atoms with Crippen molar-refractivity contribution in [2.24, 2.45) is 0 Å². The van der Waals surface area contributed by atoms with Crippen molar-refractivity contribution in [1.82, 2.24) is 14.3 Å². The van der Waals surface area contributed by atoms with Crippen LogP contribution in [0.15, 0.2) is 35.5 Å². The summed E-state index contributed by atoms with van der Waals surface area (Å²) in [7, 11) is -3.29. The molecule has 0 bridgehead atoms. The molecule has 1 aromatic carbocycles. The molecule has 2 aromatic rings. The number of nitrogens with one attached hydrogen (secondary N) is 1. The summed E-state index contributed by atoms with van der Waals surface area (Å²) in [4.78, 5) is 15.0. The maximum absolute atomic E-state index is 13.1. The molecule has 1 amide bonds. The molecule has 0 saturated carbocycles. The van der Waals surface area contributed by atoms with Crippen molar-refractivity contribution in [2.75, 3.05) is 7.11 Å². The Hall–Kier alpha value is -2.41. The molecule has 28 heavy (non-hydrogen) atoms. The largest absolute Gasteiger partial charge is 0.495 e. The van der Waals surface area contributed by atoms with Gasteiger partial charge in [0.05, 0.1) is 20.0 Å². The number of halogens is 6. The summed E-state index contributed by atoms with van der Waals surface area (Å²) in [5.41, 5.74) is -0.849. The van der Waals surface area contributed by atoms with Crippen LogP contribution in [-0.4, -0.2) is 43.1 Å². The zero-order valence-electron chi connectivity index (χ0n) is 13.8.